The monoisotopic (exact) mass is 949 g/mol. The van der Waals surface area contributed by atoms with E-state index in [0.717, 1.165) is 129 Å². The van der Waals surface area contributed by atoms with Gasteiger partial charge in [-0.05, 0) is 142 Å². The Kier molecular flexibility index (Phi) is 25.4. The smallest absolute Gasteiger partial charge is 0.327 e. The van der Waals surface area contributed by atoms with Crippen molar-refractivity contribution in [2.45, 2.75) is 202 Å². The quantitative estimate of drug-likeness (QED) is 0.0483. The Hall–Kier alpha value is -3.79. The second-order valence-corrected chi connectivity index (χ2v) is 21.8. The van der Waals surface area contributed by atoms with Crippen LogP contribution in [0.2, 0.25) is 0 Å². The number of hydrogen-bond acceptors (Lipinski definition) is 9. The standard InChI is InChI=1S/C28H52N2O5.C23H40N4O5/c1-6-29-23-24(31)30(26(29)34)20-12-9-17-28(4,5)19-11-14-22-35-21-13-10-18-27(2,3)16-8-7-15-25(32)33;1-7-25-17-19(29)27(21(25)31)23(4,5)13-9-11-15-32-14-10-8-12-22(2,3)26-18(28)16-24(6)20(26)30/h6-23H2,1-5H3,(H,32,33);7-17H2,1-6H3. The van der Waals surface area contributed by atoms with Crippen molar-refractivity contribution in [1.82, 2.24) is 29.4 Å². The third-order valence-electron chi connectivity index (χ3n) is 13.7. The number of ether oxygens (including phenoxy) is 2. The Morgan fingerprint density at radius 3 is 1.25 bits per heavy atom. The first kappa shape index (κ1) is 59.3. The number of nitrogens with zero attached hydrogens (tertiary/aromatic N) is 6. The first-order chi connectivity index (χ1) is 31.4. The van der Waals surface area contributed by atoms with Gasteiger partial charge in [0.25, 0.3) is 11.8 Å². The molecule has 0 aromatic rings. The van der Waals surface area contributed by atoms with Crippen LogP contribution in [-0.4, -0.2) is 160 Å². The van der Waals surface area contributed by atoms with Crippen LogP contribution < -0.4 is 0 Å². The Labute approximate surface area is 404 Å². The zero-order valence-corrected chi connectivity index (χ0v) is 43.8. The van der Waals surface area contributed by atoms with E-state index in [-0.39, 0.29) is 72.7 Å². The van der Waals surface area contributed by atoms with Crippen LogP contribution in [0.1, 0.15) is 191 Å². The maximum absolute atomic E-state index is 12.4. The minimum absolute atomic E-state index is 0.0622. The number of urea groups is 3. The largest absolute Gasteiger partial charge is 0.481 e. The maximum atomic E-state index is 12.4. The molecular formula is C51H92N6O10. The SMILES string of the molecule is CCN1CC(=O)N(C(C)(C)CCCCOCCCCC(C)(C)N2C(=O)CN(C)C2=O)C1=O.CCN1CC(=O)N(CCCCC(C)(C)CCCCOCCCCC(C)(C)CCCCC(=O)O)C1=O. The lowest BCUT2D eigenvalue weighted by molar-refractivity contribution is -0.137. The molecule has 0 aromatic carbocycles. The minimum atomic E-state index is -0.697. The molecule has 9 amide bonds. The molecule has 0 atom stereocenters. The lowest BCUT2D eigenvalue weighted by Gasteiger charge is -2.33. The van der Waals surface area contributed by atoms with Gasteiger partial charge in [0.05, 0.1) is 0 Å². The van der Waals surface area contributed by atoms with Crippen LogP contribution in [0.5, 0.6) is 0 Å². The van der Waals surface area contributed by atoms with Gasteiger partial charge in [-0.25, -0.2) is 14.4 Å². The number of carbonyl (C=O) groups excluding carboxylic acids is 6. The van der Waals surface area contributed by atoms with E-state index in [2.05, 4.69) is 27.7 Å². The van der Waals surface area contributed by atoms with Gasteiger partial charge in [0.2, 0.25) is 5.91 Å². The van der Waals surface area contributed by atoms with Gasteiger partial charge in [-0.15, -0.1) is 0 Å². The van der Waals surface area contributed by atoms with E-state index in [4.69, 9.17) is 14.6 Å². The number of aliphatic carboxylic acids is 1. The maximum Gasteiger partial charge on any atom is 0.327 e. The molecule has 0 unspecified atom stereocenters. The molecule has 0 aromatic heterocycles. The summed E-state index contributed by atoms with van der Waals surface area (Å²) >= 11 is 0. The van der Waals surface area contributed by atoms with E-state index >= 15 is 0 Å². The van der Waals surface area contributed by atoms with Crippen LogP contribution in [-0.2, 0) is 28.7 Å². The molecule has 67 heavy (non-hydrogen) atoms. The molecule has 3 rings (SSSR count). The highest BCUT2D eigenvalue weighted by Gasteiger charge is 2.44. The van der Waals surface area contributed by atoms with Gasteiger partial charge in [-0.3, -0.25) is 33.9 Å². The molecular weight excluding hydrogens is 857 g/mol. The first-order valence-corrected chi connectivity index (χ1v) is 25.6. The molecule has 1 N–H and O–H groups in total. The zero-order valence-electron chi connectivity index (χ0n) is 43.8. The summed E-state index contributed by atoms with van der Waals surface area (Å²) < 4.78 is 11.6. The number of imide groups is 3. The van der Waals surface area contributed by atoms with Crippen molar-refractivity contribution in [1.29, 1.82) is 0 Å². The van der Waals surface area contributed by atoms with Crippen LogP contribution in [0.15, 0.2) is 0 Å². The molecule has 16 nitrogen and oxygen atoms in total. The number of unbranched alkanes of at least 4 members (excludes halogenated alkanes) is 6. The molecule has 16 heteroatoms. The van der Waals surface area contributed by atoms with Gasteiger partial charge in [-0.1, -0.05) is 53.4 Å². The zero-order chi connectivity index (χ0) is 50.4. The number of rotatable bonds is 34. The van der Waals surface area contributed by atoms with Crippen LogP contribution in [0.4, 0.5) is 14.4 Å². The summed E-state index contributed by atoms with van der Waals surface area (Å²) in [6.45, 7) is 25.9. The summed E-state index contributed by atoms with van der Waals surface area (Å²) in [6, 6.07) is -0.544. The fourth-order valence-corrected chi connectivity index (χ4v) is 9.24. The molecule has 0 spiro atoms. The average Bonchev–Trinajstić information content (AvgIpc) is 3.81. The van der Waals surface area contributed by atoms with Gasteiger partial charge >= 0.3 is 24.1 Å². The van der Waals surface area contributed by atoms with Crippen molar-refractivity contribution in [2.75, 3.05) is 72.7 Å². The Bertz CT molecular complexity index is 1600. The van der Waals surface area contributed by atoms with Crippen molar-refractivity contribution in [3.05, 3.63) is 0 Å². The van der Waals surface area contributed by atoms with Crippen LogP contribution in [0, 0.1) is 10.8 Å². The van der Waals surface area contributed by atoms with Crippen LogP contribution in [0.3, 0.4) is 0 Å². The summed E-state index contributed by atoms with van der Waals surface area (Å²) in [5, 5.41) is 8.73. The number of likely N-dealkylation sites (N-methyl/N-ethyl adjacent to an activating group) is 3. The molecule has 0 bridgehead atoms. The lowest BCUT2D eigenvalue weighted by atomic mass is 9.82. The summed E-state index contributed by atoms with van der Waals surface area (Å²) in [5.74, 6) is -1.02. The molecule has 3 saturated heterocycles. The summed E-state index contributed by atoms with van der Waals surface area (Å²) in [7, 11) is 1.64. The summed E-state index contributed by atoms with van der Waals surface area (Å²) in [4.78, 5) is 92.5. The molecule has 3 heterocycles. The molecule has 0 aliphatic carbocycles. The van der Waals surface area contributed by atoms with Crippen molar-refractivity contribution in [3.8, 4) is 0 Å². The fourth-order valence-electron chi connectivity index (χ4n) is 9.24. The second kappa shape index (κ2) is 28.6. The second-order valence-electron chi connectivity index (χ2n) is 21.8. The highest BCUT2D eigenvalue weighted by Crippen LogP contribution is 2.32. The van der Waals surface area contributed by atoms with E-state index in [9.17, 15) is 33.6 Å². The van der Waals surface area contributed by atoms with Gasteiger partial charge in [-0.2, -0.15) is 0 Å². The lowest BCUT2D eigenvalue weighted by Crippen LogP contribution is -2.48. The molecule has 3 fully saturated rings. The average molecular weight is 949 g/mol. The van der Waals surface area contributed by atoms with E-state index in [1.54, 1.807) is 16.8 Å². The highest BCUT2D eigenvalue weighted by molar-refractivity contribution is 6.03. The Balaban J connectivity index is 0.000000462. The van der Waals surface area contributed by atoms with Crippen molar-refractivity contribution >= 4 is 41.8 Å². The predicted octanol–water partition coefficient (Wildman–Crippen LogP) is 9.57. The first-order valence-electron chi connectivity index (χ1n) is 25.6. The normalized spacial score (nSPS) is 16.4. The number of carbonyl (C=O) groups is 7. The third-order valence-corrected chi connectivity index (χ3v) is 13.7. The molecule has 0 saturated carbocycles. The van der Waals surface area contributed by atoms with Crippen molar-refractivity contribution in [2.24, 2.45) is 10.8 Å². The molecule has 3 aliphatic rings. The number of carboxylic acids is 1. The topological polar surface area (TPSA) is 178 Å². The van der Waals surface area contributed by atoms with E-state index in [0.29, 0.717) is 32.8 Å². The number of carboxylic acid groups (broad SMARTS) is 1. The minimum Gasteiger partial charge on any atom is -0.481 e. The van der Waals surface area contributed by atoms with E-state index < -0.39 is 17.0 Å². The predicted molar refractivity (Wildman–Crippen MR) is 261 cm³/mol. The Morgan fingerprint density at radius 1 is 0.493 bits per heavy atom. The highest BCUT2D eigenvalue weighted by atomic mass is 16.5. The van der Waals surface area contributed by atoms with E-state index in [1.165, 1.54) is 19.6 Å². The Morgan fingerprint density at radius 2 is 0.866 bits per heavy atom. The van der Waals surface area contributed by atoms with Crippen LogP contribution in [0.25, 0.3) is 0 Å². The van der Waals surface area contributed by atoms with Gasteiger partial charge < -0.3 is 29.3 Å². The van der Waals surface area contributed by atoms with Gasteiger partial charge in [0.15, 0.2) is 0 Å². The fraction of sp³-hybridized carbons (Fsp3) is 0.863. The van der Waals surface area contributed by atoms with Crippen molar-refractivity contribution in [3.63, 3.8) is 0 Å². The van der Waals surface area contributed by atoms with Crippen molar-refractivity contribution < 1.29 is 48.1 Å². The molecule has 386 valence electrons. The number of hydrogen-bond donors (Lipinski definition) is 1. The number of amides is 9. The third kappa shape index (κ3) is 20.8. The van der Waals surface area contributed by atoms with E-state index in [1.807, 2.05) is 41.5 Å². The summed E-state index contributed by atoms with van der Waals surface area (Å²) in [6.07, 6.45) is 17.9. The molecule has 3 aliphatic heterocycles. The van der Waals surface area contributed by atoms with Gasteiger partial charge in [0.1, 0.15) is 19.6 Å². The van der Waals surface area contributed by atoms with Crippen LogP contribution >= 0.6 is 0 Å². The molecule has 0 radical (unpaired) electrons. The summed E-state index contributed by atoms with van der Waals surface area (Å²) in [5.41, 5.74) is -0.450. The van der Waals surface area contributed by atoms with Gasteiger partial charge in [0, 0.05) is 70.6 Å².